The summed E-state index contributed by atoms with van der Waals surface area (Å²) in [4.78, 5) is 0. The van der Waals surface area contributed by atoms with E-state index in [9.17, 15) is 4.57 Å². The summed E-state index contributed by atoms with van der Waals surface area (Å²) in [6.07, 6.45) is 1.15. The fourth-order valence-corrected chi connectivity index (χ4v) is 103. The molecule has 0 spiro atoms. The van der Waals surface area contributed by atoms with E-state index in [1.807, 2.05) is 17.1 Å². The molecule has 1 saturated heterocycles. The van der Waals surface area contributed by atoms with Gasteiger partial charge in [-0.3, -0.25) is 0 Å². The van der Waals surface area contributed by atoms with Crippen molar-refractivity contribution >= 4 is 48.9 Å². The molecule has 0 aromatic heterocycles. The first-order chi connectivity index (χ1) is 6.10. The Morgan fingerprint density at radius 1 is 1.23 bits per heavy atom. The van der Waals surface area contributed by atoms with Gasteiger partial charge in [-0.2, -0.15) is 0 Å². The molecule has 1 rings (SSSR count). The molecule has 0 saturated carbocycles. The molecule has 6 heteroatoms. The first-order valence-electron chi connectivity index (χ1n) is 4.76. The molecule has 0 aromatic carbocycles. The zero-order valence-electron chi connectivity index (χ0n) is 8.41. The zero-order chi connectivity index (χ0) is 9.95. The fourth-order valence-electron chi connectivity index (χ4n) is 1.18. The van der Waals surface area contributed by atoms with Gasteiger partial charge in [0, 0.05) is 0 Å². The summed E-state index contributed by atoms with van der Waals surface area (Å²) < 4.78 is 13.0. The molecule has 0 unspecified atom stereocenters. The molecule has 78 valence electrons. The van der Waals surface area contributed by atoms with E-state index >= 15 is 0 Å². The Morgan fingerprint density at radius 3 is 2.15 bits per heavy atom. The van der Waals surface area contributed by atoms with Crippen LogP contribution >= 0.6 is 33.3 Å². The molecule has 1 aliphatic heterocycles. The molecule has 0 N–H and O–H groups in total. The zero-order valence-corrected chi connectivity index (χ0v) is 14.6. The second-order valence-electron chi connectivity index (χ2n) is 3.08. The second kappa shape index (κ2) is 5.42. The summed E-state index contributed by atoms with van der Waals surface area (Å²) in [7, 11) is 3.91. The topological polar surface area (TPSA) is 17.1 Å². The van der Waals surface area contributed by atoms with Crippen LogP contribution in [0.4, 0.5) is 0 Å². The first-order valence-corrected chi connectivity index (χ1v) is 21.9. The maximum absolute atomic E-state index is 12.1. The molecule has 0 bridgehead atoms. The van der Waals surface area contributed by atoms with Gasteiger partial charge in [-0.25, -0.2) is 0 Å². The molecular formula is C7H17OPS3Sn. The van der Waals surface area contributed by atoms with Gasteiger partial charge in [-0.15, -0.1) is 0 Å². The van der Waals surface area contributed by atoms with Gasteiger partial charge < -0.3 is 0 Å². The van der Waals surface area contributed by atoms with Crippen LogP contribution in [0.5, 0.6) is 0 Å². The Kier molecular flexibility index (Phi) is 5.48. The number of rotatable bonds is 5. The van der Waals surface area contributed by atoms with Gasteiger partial charge >= 0.3 is 95.3 Å². The van der Waals surface area contributed by atoms with Crippen LogP contribution in [0.3, 0.4) is 0 Å². The van der Waals surface area contributed by atoms with Crippen molar-refractivity contribution in [1.82, 2.24) is 0 Å². The minimum absolute atomic E-state index is 1.08. The summed E-state index contributed by atoms with van der Waals surface area (Å²) in [5.74, 6) is 1.08. The van der Waals surface area contributed by atoms with Gasteiger partial charge in [0.15, 0.2) is 0 Å². The van der Waals surface area contributed by atoms with Crippen LogP contribution in [0.15, 0.2) is 0 Å². The summed E-state index contributed by atoms with van der Waals surface area (Å²) in [5, 5.41) is 0. The van der Waals surface area contributed by atoms with Crippen molar-refractivity contribution in [2.75, 3.05) is 5.75 Å². The molecule has 0 atom stereocenters. The predicted octanol–water partition coefficient (Wildman–Crippen LogP) is 5.20. The number of hydrogen-bond acceptors (Lipinski definition) is 4. The van der Waals surface area contributed by atoms with Gasteiger partial charge in [0.25, 0.3) is 0 Å². The number of hydrogen-bond donors (Lipinski definition) is 0. The Labute approximate surface area is 94.4 Å². The van der Waals surface area contributed by atoms with Crippen LogP contribution in [0.1, 0.15) is 27.2 Å². The van der Waals surface area contributed by atoms with Crippen LogP contribution < -0.4 is 0 Å². The van der Waals surface area contributed by atoms with Crippen LogP contribution in [0.25, 0.3) is 0 Å². The van der Waals surface area contributed by atoms with Crippen LogP contribution in [0, 0.1) is 0 Å². The van der Waals surface area contributed by atoms with Crippen molar-refractivity contribution in [2.24, 2.45) is 0 Å². The minimum atomic E-state index is -1.85. The van der Waals surface area contributed by atoms with E-state index in [-0.39, 0.29) is 0 Å². The molecule has 0 aromatic rings. The summed E-state index contributed by atoms with van der Waals surface area (Å²) in [6, 6.07) is 0. The Balaban J connectivity index is 2.41. The van der Waals surface area contributed by atoms with Crippen molar-refractivity contribution in [3.63, 3.8) is 0 Å². The van der Waals surface area contributed by atoms with Gasteiger partial charge in [-0.05, 0) is 0 Å². The van der Waals surface area contributed by atoms with Crippen LogP contribution in [0.2, 0.25) is 8.87 Å². The van der Waals surface area contributed by atoms with E-state index in [0.29, 0.717) is 0 Å². The van der Waals surface area contributed by atoms with Crippen molar-refractivity contribution in [1.29, 1.82) is 0 Å². The third-order valence-electron chi connectivity index (χ3n) is 2.09. The normalized spacial score (nSPS) is 23.9. The molecule has 0 amide bonds. The molecule has 0 radical (unpaired) electrons. The van der Waals surface area contributed by atoms with E-state index in [1.54, 1.807) is 11.4 Å². The van der Waals surface area contributed by atoms with E-state index < -0.39 is 20.4 Å². The average Bonchev–Trinajstić information content (AvgIpc) is 2.10. The van der Waals surface area contributed by atoms with Gasteiger partial charge in [0.05, 0.1) is 0 Å². The van der Waals surface area contributed by atoms with E-state index in [2.05, 4.69) is 20.8 Å². The van der Waals surface area contributed by atoms with Gasteiger partial charge in [0.1, 0.15) is 0 Å². The molecule has 0 aliphatic carbocycles. The van der Waals surface area contributed by atoms with Crippen LogP contribution in [-0.4, -0.2) is 21.4 Å². The second-order valence-corrected chi connectivity index (χ2v) is 44.4. The quantitative estimate of drug-likeness (QED) is 0.493. The maximum atomic E-state index is 12.1. The third kappa shape index (κ3) is 3.27. The Bertz CT molecular complexity index is 208. The molecular weight excluding hydrogens is 346 g/mol. The average molecular weight is 363 g/mol. The summed E-state index contributed by atoms with van der Waals surface area (Å²) >= 11 is -0.119. The van der Waals surface area contributed by atoms with Crippen molar-refractivity contribution < 1.29 is 4.57 Å². The van der Waals surface area contributed by atoms with E-state index in [0.717, 1.165) is 12.2 Å². The molecule has 13 heavy (non-hydrogen) atoms. The summed E-state index contributed by atoms with van der Waals surface area (Å²) in [5.41, 5.74) is 0. The SMILES string of the molecule is CCCSP1(=O)[S][Sn]([CH2]C)([CH2]C)[S]1. The van der Waals surface area contributed by atoms with E-state index in [1.165, 1.54) is 8.87 Å². The fraction of sp³-hybridized carbons (Fsp3) is 1.00. The summed E-state index contributed by atoms with van der Waals surface area (Å²) in [6.45, 7) is 6.73. The molecule has 1 heterocycles. The third-order valence-corrected chi connectivity index (χ3v) is 80.3. The van der Waals surface area contributed by atoms with E-state index in [4.69, 9.17) is 0 Å². The van der Waals surface area contributed by atoms with Crippen molar-refractivity contribution in [3.05, 3.63) is 0 Å². The monoisotopic (exact) mass is 364 g/mol. The van der Waals surface area contributed by atoms with Crippen molar-refractivity contribution in [2.45, 2.75) is 36.1 Å². The molecule has 1 aliphatic rings. The van der Waals surface area contributed by atoms with Gasteiger partial charge in [0.2, 0.25) is 0 Å². The Hall–Kier alpha value is 2.08. The predicted molar refractivity (Wildman–Crippen MR) is 72.3 cm³/mol. The standard InChI is InChI=1S/C3H9OPS3.2C2H5.Sn/c1-2-3-8-5(4,6)7;2*1-2;/h2-3H2,1H3,(H2,4,6,7);2*1H2,2H3;/q;;;+2/p-2. The van der Waals surface area contributed by atoms with Crippen molar-refractivity contribution in [3.8, 4) is 0 Å². The van der Waals surface area contributed by atoms with Crippen LogP contribution in [-0.2, 0) is 4.57 Å². The molecule has 1 nitrogen and oxygen atoms in total. The molecule has 1 fully saturated rings. The Morgan fingerprint density at radius 2 is 1.77 bits per heavy atom. The van der Waals surface area contributed by atoms with Gasteiger partial charge in [-0.1, -0.05) is 0 Å². The first kappa shape index (κ1) is 13.1.